The summed E-state index contributed by atoms with van der Waals surface area (Å²) in [6, 6.07) is 10.2. The molecule has 1 fully saturated rings. The number of carbonyl (C=O) groups is 1. The summed E-state index contributed by atoms with van der Waals surface area (Å²) in [5.74, 6) is 0.446. The lowest BCUT2D eigenvalue weighted by atomic mass is 9.99. The van der Waals surface area contributed by atoms with E-state index in [1.54, 1.807) is 56.5 Å². The zero-order valence-electron chi connectivity index (χ0n) is 18.8. The van der Waals surface area contributed by atoms with Gasteiger partial charge in [-0.15, -0.1) is 0 Å². The largest absolute Gasteiger partial charge is 0.443 e. The number of piperidine rings is 1. The normalized spacial score (nSPS) is 17.9. The lowest BCUT2D eigenvalue weighted by Crippen LogP contribution is -2.38. The summed E-state index contributed by atoms with van der Waals surface area (Å²) in [6.07, 6.45) is 3.67. The monoisotopic (exact) mass is 445 g/mol. The third-order valence-electron chi connectivity index (χ3n) is 5.25. The van der Waals surface area contributed by atoms with Gasteiger partial charge in [-0.2, -0.15) is 4.31 Å². The molecule has 2 aromatic rings. The van der Waals surface area contributed by atoms with Gasteiger partial charge in [0.1, 0.15) is 11.4 Å². The summed E-state index contributed by atoms with van der Waals surface area (Å²) < 4.78 is 33.6. The Kier molecular flexibility index (Phi) is 6.71. The molecule has 168 valence electrons. The number of hydrogen-bond donors (Lipinski definition) is 0. The molecule has 1 atom stereocenters. The van der Waals surface area contributed by atoms with Crippen LogP contribution in [0.2, 0.25) is 0 Å². The Morgan fingerprint density at radius 2 is 1.81 bits per heavy atom. The van der Waals surface area contributed by atoms with Crippen LogP contribution in [0.1, 0.15) is 57.2 Å². The SMILES string of the molecule is Cc1ccc(S(=O)(=O)N2CCCCC2c2ccc(N(C)C(=O)OC(C)(C)C)nc2)cc1. The van der Waals surface area contributed by atoms with Gasteiger partial charge in [0.2, 0.25) is 10.0 Å². The zero-order chi connectivity index (χ0) is 22.8. The highest BCUT2D eigenvalue weighted by Crippen LogP contribution is 2.35. The maximum absolute atomic E-state index is 13.3. The number of carbonyl (C=O) groups excluding carboxylic acids is 1. The predicted molar refractivity (Wildman–Crippen MR) is 121 cm³/mol. The van der Waals surface area contributed by atoms with Crippen molar-refractivity contribution in [1.29, 1.82) is 0 Å². The molecule has 7 nitrogen and oxygen atoms in total. The number of benzene rings is 1. The van der Waals surface area contributed by atoms with E-state index in [-0.39, 0.29) is 6.04 Å². The van der Waals surface area contributed by atoms with Crippen LogP contribution < -0.4 is 4.90 Å². The number of hydrogen-bond acceptors (Lipinski definition) is 5. The summed E-state index contributed by atoms with van der Waals surface area (Å²) in [5, 5.41) is 0. The van der Waals surface area contributed by atoms with E-state index in [0.717, 1.165) is 30.4 Å². The minimum Gasteiger partial charge on any atom is -0.443 e. The van der Waals surface area contributed by atoms with E-state index in [1.165, 1.54) is 4.90 Å². The number of ether oxygens (including phenoxy) is 1. The second kappa shape index (κ2) is 8.96. The molecule has 1 unspecified atom stereocenters. The summed E-state index contributed by atoms with van der Waals surface area (Å²) in [7, 11) is -2.01. The van der Waals surface area contributed by atoms with E-state index < -0.39 is 21.7 Å². The average molecular weight is 446 g/mol. The molecule has 0 radical (unpaired) electrons. The predicted octanol–water partition coefficient (Wildman–Crippen LogP) is 4.68. The number of pyridine rings is 1. The van der Waals surface area contributed by atoms with Gasteiger partial charge in [-0.3, -0.25) is 4.90 Å². The fourth-order valence-electron chi connectivity index (χ4n) is 3.59. The molecule has 31 heavy (non-hydrogen) atoms. The highest BCUT2D eigenvalue weighted by Gasteiger charge is 2.34. The number of amides is 1. The first-order valence-electron chi connectivity index (χ1n) is 10.5. The van der Waals surface area contributed by atoms with Gasteiger partial charge in [-0.05, 0) is 64.3 Å². The van der Waals surface area contributed by atoms with Crippen molar-refractivity contribution in [3.05, 3.63) is 53.7 Å². The molecular formula is C23H31N3O4S. The maximum atomic E-state index is 13.3. The van der Waals surface area contributed by atoms with Gasteiger partial charge in [-0.25, -0.2) is 18.2 Å². The van der Waals surface area contributed by atoms with Gasteiger partial charge >= 0.3 is 6.09 Å². The van der Waals surface area contributed by atoms with Crippen molar-refractivity contribution in [2.45, 2.75) is 63.5 Å². The van der Waals surface area contributed by atoms with Crippen LogP contribution in [0.25, 0.3) is 0 Å². The van der Waals surface area contributed by atoms with Crippen LogP contribution in [0.5, 0.6) is 0 Å². The van der Waals surface area contributed by atoms with Gasteiger partial charge in [0, 0.05) is 19.8 Å². The van der Waals surface area contributed by atoms with E-state index in [0.29, 0.717) is 17.3 Å². The molecule has 2 heterocycles. The van der Waals surface area contributed by atoms with E-state index in [2.05, 4.69) is 4.98 Å². The minimum absolute atomic E-state index is 0.284. The van der Waals surface area contributed by atoms with Crippen molar-refractivity contribution in [1.82, 2.24) is 9.29 Å². The smallest absolute Gasteiger partial charge is 0.415 e. The molecule has 8 heteroatoms. The van der Waals surface area contributed by atoms with Crippen LogP contribution in [0, 0.1) is 6.92 Å². The van der Waals surface area contributed by atoms with Gasteiger partial charge in [0.05, 0.1) is 10.9 Å². The van der Waals surface area contributed by atoms with Crippen molar-refractivity contribution in [3.63, 3.8) is 0 Å². The Morgan fingerprint density at radius 3 is 2.39 bits per heavy atom. The first-order chi connectivity index (χ1) is 14.5. The van der Waals surface area contributed by atoms with Crippen LogP contribution in [0.4, 0.5) is 10.6 Å². The first-order valence-corrected chi connectivity index (χ1v) is 11.9. The lowest BCUT2D eigenvalue weighted by molar-refractivity contribution is 0.0588. The number of sulfonamides is 1. The molecular weight excluding hydrogens is 414 g/mol. The van der Waals surface area contributed by atoms with Gasteiger partial charge in [-0.1, -0.05) is 30.2 Å². The van der Waals surface area contributed by atoms with Crippen molar-refractivity contribution >= 4 is 21.9 Å². The number of anilines is 1. The Balaban J connectivity index is 1.83. The second-order valence-corrected chi connectivity index (χ2v) is 10.8. The Labute approximate surface area is 185 Å². The summed E-state index contributed by atoms with van der Waals surface area (Å²) >= 11 is 0. The molecule has 1 aliphatic heterocycles. The lowest BCUT2D eigenvalue weighted by Gasteiger charge is -2.35. The highest BCUT2D eigenvalue weighted by molar-refractivity contribution is 7.89. The van der Waals surface area contributed by atoms with E-state index >= 15 is 0 Å². The number of aromatic nitrogens is 1. The molecule has 0 saturated carbocycles. The van der Waals surface area contributed by atoms with Crippen LogP contribution in [-0.4, -0.2) is 43.0 Å². The van der Waals surface area contributed by atoms with Crippen LogP contribution in [0.15, 0.2) is 47.5 Å². The number of nitrogens with zero attached hydrogens (tertiary/aromatic N) is 3. The van der Waals surface area contributed by atoms with E-state index in [1.807, 2.05) is 25.1 Å². The molecule has 0 N–H and O–H groups in total. The second-order valence-electron chi connectivity index (χ2n) is 8.93. The summed E-state index contributed by atoms with van der Waals surface area (Å²) in [6.45, 7) is 7.83. The van der Waals surface area contributed by atoms with Crippen molar-refractivity contribution < 1.29 is 17.9 Å². The minimum atomic E-state index is -3.62. The Morgan fingerprint density at radius 1 is 1.13 bits per heavy atom. The molecule has 3 rings (SSSR count). The fraction of sp³-hybridized carbons (Fsp3) is 0.478. The molecule has 0 bridgehead atoms. The van der Waals surface area contributed by atoms with Gasteiger partial charge in [0.15, 0.2) is 0 Å². The highest BCUT2D eigenvalue weighted by atomic mass is 32.2. The zero-order valence-corrected chi connectivity index (χ0v) is 19.6. The van der Waals surface area contributed by atoms with Gasteiger partial charge in [0.25, 0.3) is 0 Å². The van der Waals surface area contributed by atoms with Crippen LogP contribution >= 0.6 is 0 Å². The van der Waals surface area contributed by atoms with Crippen LogP contribution in [-0.2, 0) is 14.8 Å². The summed E-state index contributed by atoms with van der Waals surface area (Å²) in [5.41, 5.74) is 1.23. The van der Waals surface area contributed by atoms with Crippen molar-refractivity contribution in [2.24, 2.45) is 0 Å². The third kappa shape index (κ3) is 5.43. The average Bonchev–Trinajstić information content (AvgIpc) is 2.72. The topological polar surface area (TPSA) is 79.8 Å². The molecule has 1 saturated heterocycles. The van der Waals surface area contributed by atoms with E-state index in [9.17, 15) is 13.2 Å². The molecule has 1 aromatic carbocycles. The fourth-order valence-corrected chi connectivity index (χ4v) is 5.27. The molecule has 0 aliphatic carbocycles. The Bertz CT molecular complexity index is 1010. The molecule has 1 amide bonds. The molecule has 1 aliphatic rings. The van der Waals surface area contributed by atoms with Crippen molar-refractivity contribution in [3.8, 4) is 0 Å². The quantitative estimate of drug-likeness (QED) is 0.683. The maximum Gasteiger partial charge on any atom is 0.415 e. The summed E-state index contributed by atoms with van der Waals surface area (Å²) in [4.78, 5) is 18.3. The molecule has 1 aromatic heterocycles. The number of rotatable bonds is 4. The Hall–Kier alpha value is -2.45. The number of aryl methyl sites for hydroxylation is 1. The third-order valence-corrected chi connectivity index (χ3v) is 7.17. The van der Waals surface area contributed by atoms with Gasteiger partial charge < -0.3 is 4.74 Å². The molecule has 0 spiro atoms. The standard InChI is InChI=1S/C23H31N3O4S/c1-17-9-12-19(13-10-17)31(28,29)26-15-7-6-8-20(26)18-11-14-21(24-16-18)25(5)22(27)30-23(2,3)4/h9-14,16,20H,6-8,15H2,1-5H3. The van der Waals surface area contributed by atoms with E-state index in [4.69, 9.17) is 4.74 Å². The van der Waals surface area contributed by atoms with Crippen molar-refractivity contribution in [2.75, 3.05) is 18.5 Å². The first kappa shape index (κ1) is 23.2. The van der Waals surface area contributed by atoms with Crippen LogP contribution in [0.3, 0.4) is 0 Å².